The molecule has 0 fully saturated rings. The molecule has 0 spiro atoms. The summed E-state index contributed by atoms with van der Waals surface area (Å²) in [5, 5.41) is 0.530. The molecule has 0 N–H and O–H groups in total. The van der Waals surface area contributed by atoms with E-state index in [1.165, 1.54) is 12.1 Å². The first-order valence-corrected chi connectivity index (χ1v) is 6.63. The standard InChI is InChI=1S/C14H10BrF3O/c15-7-9-1-4-14(13(18)5-9)19-8-10-6-11(16)2-3-12(10)17/h1-6H,7-8H2. The van der Waals surface area contributed by atoms with Crippen LogP contribution < -0.4 is 4.74 Å². The fraction of sp³-hybridized carbons (Fsp3) is 0.143. The molecule has 1 nitrogen and oxygen atoms in total. The molecule has 100 valence electrons. The third kappa shape index (κ3) is 3.50. The topological polar surface area (TPSA) is 9.23 Å². The Kier molecular flexibility index (Phi) is 4.47. The molecule has 0 saturated carbocycles. The number of ether oxygens (including phenoxy) is 1. The molecule has 0 saturated heterocycles. The molecular weight excluding hydrogens is 321 g/mol. The first-order chi connectivity index (χ1) is 9.10. The van der Waals surface area contributed by atoms with Gasteiger partial charge in [-0.1, -0.05) is 22.0 Å². The SMILES string of the molecule is Fc1ccc(F)c(COc2ccc(CBr)cc2F)c1. The van der Waals surface area contributed by atoms with Crippen LogP contribution in [0.3, 0.4) is 0 Å². The molecule has 0 aliphatic carbocycles. The summed E-state index contributed by atoms with van der Waals surface area (Å²) < 4.78 is 45.1. The average molecular weight is 331 g/mol. The third-order valence-electron chi connectivity index (χ3n) is 2.54. The molecule has 5 heteroatoms. The zero-order chi connectivity index (χ0) is 13.8. The van der Waals surface area contributed by atoms with Crippen molar-refractivity contribution in [1.29, 1.82) is 0 Å². The van der Waals surface area contributed by atoms with Gasteiger partial charge in [-0.3, -0.25) is 0 Å². The summed E-state index contributed by atoms with van der Waals surface area (Å²) >= 11 is 3.21. The third-order valence-corrected chi connectivity index (χ3v) is 3.19. The van der Waals surface area contributed by atoms with Crippen LogP contribution in [0.5, 0.6) is 5.75 Å². The lowest BCUT2D eigenvalue weighted by Crippen LogP contribution is -2.01. The van der Waals surface area contributed by atoms with Crippen molar-refractivity contribution in [3.63, 3.8) is 0 Å². The maximum atomic E-state index is 13.6. The van der Waals surface area contributed by atoms with Crippen LogP contribution in [0, 0.1) is 17.5 Å². The van der Waals surface area contributed by atoms with Gasteiger partial charge in [-0.05, 0) is 35.9 Å². The van der Waals surface area contributed by atoms with Gasteiger partial charge in [0.2, 0.25) is 0 Å². The van der Waals surface area contributed by atoms with Crippen LogP contribution in [-0.4, -0.2) is 0 Å². The maximum absolute atomic E-state index is 13.6. The Morgan fingerprint density at radius 3 is 2.42 bits per heavy atom. The van der Waals surface area contributed by atoms with E-state index < -0.39 is 17.5 Å². The minimum atomic E-state index is -0.584. The molecule has 0 aliphatic heterocycles. The minimum absolute atomic E-state index is 0.00774. The van der Waals surface area contributed by atoms with Crippen LogP contribution in [0.15, 0.2) is 36.4 Å². The molecule has 2 rings (SSSR count). The van der Waals surface area contributed by atoms with Crippen molar-refractivity contribution >= 4 is 15.9 Å². The van der Waals surface area contributed by atoms with Crippen LogP contribution in [0.25, 0.3) is 0 Å². The molecule has 0 atom stereocenters. The van der Waals surface area contributed by atoms with E-state index in [4.69, 9.17) is 4.74 Å². The van der Waals surface area contributed by atoms with E-state index in [1.807, 2.05) is 0 Å². The smallest absolute Gasteiger partial charge is 0.165 e. The number of rotatable bonds is 4. The highest BCUT2D eigenvalue weighted by Crippen LogP contribution is 2.21. The largest absolute Gasteiger partial charge is 0.486 e. The van der Waals surface area contributed by atoms with Crippen LogP contribution in [0.2, 0.25) is 0 Å². The normalized spacial score (nSPS) is 10.5. The van der Waals surface area contributed by atoms with E-state index in [-0.39, 0.29) is 17.9 Å². The van der Waals surface area contributed by atoms with E-state index >= 15 is 0 Å². The Morgan fingerprint density at radius 2 is 1.74 bits per heavy atom. The highest BCUT2D eigenvalue weighted by Gasteiger charge is 2.08. The summed E-state index contributed by atoms with van der Waals surface area (Å²) in [6.07, 6.45) is 0. The van der Waals surface area contributed by atoms with Crippen molar-refractivity contribution < 1.29 is 17.9 Å². The van der Waals surface area contributed by atoms with Crippen molar-refractivity contribution in [2.45, 2.75) is 11.9 Å². The predicted molar refractivity (Wildman–Crippen MR) is 69.7 cm³/mol. The van der Waals surface area contributed by atoms with Crippen molar-refractivity contribution in [2.24, 2.45) is 0 Å². The van der Waals surface area contributed by atoms with Gasteiger partial charge >= 0.3 is 0 Å². The zero-order valence-corrected chi connectivity index (χ0v) is 11.4. The van der Waals surface area contributed by atoms with Crippen molar-refractivity contribution in [3.8, 4) is 5.75 Å². The van der Waals surface area contributed by atoms with E-state index in [0.717, 1.165) is 23.8 Å². The summed E-state index contributed by atoms with van der Waals surface area (Å²) in [5.74, 6) is -1.67. The second kappa shape index (κ2) is 6.10. The fourth-order valence-corrected chi connectivity index (χ4v) is 1.90. The monoisotopic (exact) mass is 330 g/mol. The zero-order valence-electron chi connectivity index (χ0n) is 9.80. The van der Waals surface area contributed by atoms with Gasteiger partial charge in [0.15, 0.2) is 11.6 Å². The van der Waals surface area contributed by atoms with Gasteiger partial charge in [0.05, 0.1) is 0 Å². The van der Waals surface area contributed by atoms with E-state index in [2.05, 4.69) is 15.9 Å². The number of benzene rings is 2. The molecule has 0 aliphatic rings. The van der Waals surface area contributed by atoms with E-state index in [0.29, 0.717) is 5.33 Å². The van der Waals surface area contributed by atoms with Gasteiger partial charge in [0, 0.05) is 10.9 Å². The molecule has 0 amide bonds. The average Bonchev–Trinajstić information content (AvgIpc) is 2.40. The summed E-state index contributed by atoms with van der Waals surface area (Å²) in [6.45, 7) is -0.228. The number of hydrogen-bond donors (Lipinski definition) is 0. The van der Waals surface area contributed by atoms with Crippen LogP contribution in [-0.2, 0) is 11.9 Å². The highest BCUT2D eigenvalue weighted by atomic mass is 79.9. The summed E-state index contributed by atoms with van der Waals surface area (Å²) in [4.78, 5) is 0. The summed E-state index contributed by atoms with van der Waals surface area (Å²) in [5.41, 5.74) is 0.811. The molecule has 19 heavy (non-hydrogen) atoms. The summed E-state index contributed by atoms with van der Waals surface area (Å²) in [6, 6.07) is 7.53. The van der Waals surface area contributed by atoms with Crippen LogP contribution >= 0.6 is 15.9 Å². The second-order valence-electron chi connectivity index (χ2n) is 3.92. The highest BCUT2D eigenvalue weighted by molar-refractivity contribution is 9.08. The van der Waals surface area contributed by atoms with Gasteiger partial charge in [0.1, 0.15) is 18.2 Å². The molecular formula is C14H10BrF3O. The van der Waals surface area contributed by atoms with E-state index in [9.17, 15) is 13.2 Å². The molecule has 2 aromatic carbocycles. The van der Waals surface area contributed by atoms with Gasteiger partial charge in [0.25, 0.3) is 0 Å². The number of hydrogen-bond acceptors (Lipinski definition) is 1. The molecule has 2 aromatic rings. The van der Waals surface area contributed by atoms with Gasteiger partial charge in [-0.25, -0.2) is 13.2 Å². The fourth-order valence-electron chi connectivity index (χ4n) is 1.55. The van der Waals surface area contributed by atoms with Crippen molar-refractivity contribution in [1.82, 2.24) is 0 Å². The quantitative estimate of drug-likeness (QED) is 0.746. The molecule has 0 unspecified atom stereocenters. The lowest BCUT2D eigenvalue weighted by molar-refractivity contribution is 0.284. The Morgan fingerprint density at radius 1 is 0.947 bits per heavy atom. The van der Waals surface area contributed by atoms with Gasteiger partial charge in [-0.15, -0.1) is 0 Å². The molecule has 0 radical (unpaired) electrons. The van der Waals surface area contributed by atoms with Crippen molar-refractivity contribution in [2.75, 3.05) is 0 Å². The Hall–Kier alpha value is -1.49. The first-order valence-electron chi connectivity index (χ1n) is 5.51. The number of halogens is 4. The second-order valence-corrected chi connectivity index (χ2v) is 4.48. The lowest BCUT2D eigenvalue weighted by atomic mass is 10.2. The lowest BCUT2D eigenvalue weighted by Gasteiger charge is -2.09. The Labute approximate surface area is 117 Å². The number of alkyl halides is 1. The van der Waals surface area contributed by atoms with Crippen LogP contribution in [0.1, 0.15) is 11.1 Å². The summed E-state index contributed by atoms with van der Waals surface area (Å²) in [7, 11) is 0. The van der Waals surface area contributed by atoms with Crippen LogP contribution in [0.4, 0.5) is 13.2 Å². The van der Waals surface area contributed by atoms with Gasteiger partial charge < -0.3 is 4.74 Å². The Balaban J connectivity index is 2.12. The molecule has 0 heterocycles. The predicted octanol–water partition coefficient (Wildman–Crippen LogP) is 4.58. The van der Waals surface area contributed by atoms with Crippen molar-refractivity contribution in [3.05, 3.63) is 65.0 Å². The Bertz CT molecular complexity index is 587. The first kappa shape index (κ1) is 13.9. The molecule has 0 bridgehead atoms. The van der Waals surface area contributed by atoms with Gasteiger partial charge in [-0.2, -0.15) is 0 Å². The van der Waals surface area contributed by atoms with E-state index in [1.54, 1.807) is 6.07 Å². The molecule has 0 aromatic heterocycles. The minimum Gasteiger partial charge on any atom is -0.486 e. The maximum Gasteiger partial charge on any atom is 0.165 e.